The van der Waals surface area contributed by atoms with Crippen LogP contribution in [0.5, 0.6) is 5.75 Å². The van der Waals surface area contributed by atoms with Crippen molar-refractivity contribution in [2.75, 3.05) is 5.32 Å². The number of anilines is 2. The van der Waals surface area contributed by atoms with Crippen LogP contribution in [0.1, 0.15) is 5.56 Å². The molecule has 2 aromatic carbocycles. The van der Waals surface area contributed by atoms with Crippen molar-refractivity contribution in [2.24, 2.45) is 0 Å². The van der Waals surface area contributed by atoms with Gasteiger partial charge in [-0.1, -0.05) is 30.3 Å². The molecule has 7 heteroatoms. The highest BCUT2D eigenvalue weighted by Gasteiger charge is 2.13. The summed E-state index contributed by atoms with van der Waals surface area (Å²) in [6, 6.07) is 14.9. The highest BCUT2D eigenvalue weighted by atomic mass is 19.1. The summed E-state index contributed by atoms with van der Waals surface area (Å²) >= 11 is 0. The predicted octanol–water partition coefficient (Wildman–Crippen LogP) is 4.63. The van der Waals surface area contributed by atoms with Crippen LogP contribution in [-0.2, 0) is 6.61 Å². The van der Waals surface area contributed by atoms with Crippen LogP contribution in [-0.4, -0.2) is 15.0 Å². The van der Waals surface area contributed by atoms with Gasteiger partial charge < -0.3 is 10.1 Å². The minimum atomic E-state index is -0.775. The lowest BCUT2D eigenvalue weighted by Gasteiger charge is -2.12. The van der Waals surface area contributed by atoms with Crippen LogP contribution in [0.4, 0.5) is 20.3 Å². The Hall–Kier alpha value is -3.61. The number of benzene rings is 2. The molecule has 2 aromatic heterocycles. The van der Waals surface area contributed by atoms with Crippen LogP contribution in [0.3, 0.4) is 0 Å². The van der Waals surface area contributed by atoms with Crippen LogP contribution < -0.4 is 10.1 Å². The molecule has 4 rings (SSSR count). The molecule has 0 aliphatic heterocycles. The van der Waals surface area contributed by atoms with E-state index in [4.69, 9.17) is 4.74 Å². The van der Waals surface area contributed by atoms with Gasteiger partial charge in [-0.25, -0.2) is 23.7 Å². The maximum absolute atomic E-state index is 14.3. The molecule has 27 heavy (non-hydrogen) atoms. The monoisotopic (exact) mass is 364 g/mol. The summed E-state index contributed by atoms with van der Waals surface area (Å²) in [5.41, 5.74) is 1.39. The highest BCUT2D eigenvalue weighted by Crippen LogP contribution is 2.29. The van der Waals surface area contributed by atoms with Crippen molar-refractivity contribution >= 4 is 22.5 Å². The van der Waals surface area contributed by atoms with Gasteiger partial charge in [0.2, 0.25) is 0 Å². The molecule has 0 spiro atoms. The van der Waals surface area contributed by atoms with Crippen molar-refractivity contribution in [2.45, 2.75) is 6.61 Å². The van der Waals surface area contributed by atoms with Gasteiger partial charge in [0, 0.05) is 18.3 Å². The van der Waals surface area contributed by atoms with Crippen LogP contribution in [0, 0.1) is 11.6 Å². The molecule has 0 bridgehead atoms. The van der Waals surface area contributed by atoms with Gasteiger partial charge in [0.05, 0.1) is 11.1 Å². The molecule has 134 valence electrons. The number of rotatable bonds is 5. The number of hydrogen-bond acceptors (Lipinski definition) is 5. The Balaban J connectivity index is 1.62. The van der Waals surface area contributed by atoms with Crippen LogP contribution in [0.15, 0.2) is 67.1 Å². The van der Waals surface area contributed by atoms with E-state index in [0.29, 0.717) is 16.9 Å². The molecule has 0 unspecified atom stereocenters. The van der Waals surface area contributed by atoms with Crippen molar-refractivity contribution in [1.29, 1.82) is 0 Å². The summed E-state index contributed by atoms with van der Waals surface area (Å²) in [7, 11) is 0. The Bertz CT molecular complexity index is 1080. The average Bonchev–Trinajstić information content (AvgIpc) is 2.70. The summed E-state index contributed by atoms with van der Waals surface area (Å²) in [5, 5.41) is 3.49. The minimum Gasteiger partial charge on any atom is -0.486 e. The fraction of sp³-hybridized carbons (Fsp3) is 0.0500. The average molecular weight is 364 g/mol. The van der Waals surface area contributed by atoms with Gasteiger partial charge in [-0.3, -0.25) is 0 Å². The topological polar surface area (TPSA) is 59.9 Å². The number of pyridine rings is 1. The third-order valence-electron chi connectivity index (χ3n) is 3.92. The number of fused-ring (bicyclic) bond motifs is 1. The first-order valence-corrected chi connectivity index (χ1v) is 8.19. The third-order valence-corrected chi connectivity index (χ3v) is 3.92. The summed E-state index contributed by atoms with van der Waals surface area (Å²) in [6.45, 7) is 0.170. The standard InChI is InChI=1S/C20H14F2N4O/c21-15-9-16(22)18(27-11-13-5-2-1-3-6-13)10-17(15)26-20-14-7-4-8-23-19(14)24-12-25-20/h1-10,12H,11H2,(H,23,24,25,26). The molecule has 0 radical (unpaired) electrons. The zero-order valence-electron chi connectivity index (χ0n) is 14.1. The Morgan fingerprint density at radius 3 is 2.59 bits per heavy atom. The Morgan fingerprint density at radius 2 is 1.74 bits per heavy atom. The van der Waals surface area contributed by atoms with Crippen molar-refractivity contribution in [3.8, 4) is 5.75 Å². The maximum atomic E-state index is 14.3. The normalized spacial score (nSPS) is 10.7. The van der Waals surface area contributed by atoms with E-state index < -0.39 is 11.6 Å². The van der Waals surface area contributed by atoms with E-state index in [0.717, 1.165) is 11.6 Å². The highest BCUT2D eigenvalue weighted by molar-refractivity contribution is 5.88. The zero-order valence-corrected chi connectivity index (χ0v) is 14.1. The lowest BCUT2D eigenvalue weighted by molar-refractivity contribution is 0.289. The quantitative estimate of drug-likeness (QED) is 0.560. The molecule has 0 saturated heterocycles. The first kappa shape index (κ1) is 16.8. The zero-order chi connectivity index (χ0) is 18.6. The van der Waals surface area contributed by atoms with E-state index in [1.807, 2.05) is 30.3 Å². The summed E-state index contributed by atoms with van der Waals surface area (Å²) in [5.74, 6) is -1.22. The van der Waals surface area contributed by atoms with Gasteiger partial charge in [-0.15, -0.1) is 0 Å². The van der Waals surface area contributed by atoms with Crippen LogP contribution >= 0.6 is 0 Å². The van der Waals surface area contributed by atoms with E-state index in [1.165, 1.54) is 12.4 Å². The molecular formula is C20H14F2N4O. The summed E-state index contributed by atoms with van der Waals surface area (Å²) < 4.78 is 33.9. The fourth-order valence-corrected chi connectivity index (χ4v) is 2.59. The largest absolute Gasteiger partial charge is 0.486 e. The Kier molecular flexibility index (Phi) is 4.57. The molecule has 2 heterocycles. The number of nitrogens with zero attached hydrogens (tertiary/aromatic N) is 3. The molecular weight excluding hydrogens is 350 g/mol. The molecule has 5 nitrogen and oxygen atoms in total. The molecule has 0 fully saturated rings. The van der Waals surface area contributed by atoms with Gasteiger partial charge in [0.25, 0.3) is 0 Å². The van der Waals surface area contributed by atoms with Crippen LogP contribution in [0.25, 0.3) is 11.0 Å². The lowest BCUT2D eigenvalue weighted by Crippen LogP contribution is -2.02. The molecule has 1 N–H and O–H groups in total. The number of aromatic nitrogens is 3. The van der Waals surface area contributed by atoms with E-state index in [9.17, 15) is 8.78 Å². The first-order valence-electron chi connectivity index (χ1n) is 8.19. The van der Waals surface area contributed by atoms with Crippen molar-refractivity contribution in [3.63, 3.8) is 0 Å². The SMILES string of the molecule is Fc1cc(F)c(OCc2ccccc2)cc1Nc1ncnc2ncccc12. The molecule has 0 aliphatic carbocycles. The van der Waals surface area contributed by atoms with Gasteiger partial charge >= 0.3 is 0 Å². The van der Waals surface area contributed by atoms with E-state index in [2.05, 4.69) is 20.3 Å². The van der Waals surface area contributed by atoms with E-state index in [-0.39, 0.29) is 18.0 Å². The molecule has 0 saturated carbocycles. The van der Waals surface area contributed by atoms with Crippen molar-refractivity contribution in [3.05, 3.63) is 84.3 Å². The molecule has 4 aromatic rings. The van der Waals surface area contributed by atoms with Crippen LogP contribution in [0.2, 0.25) is 0 Å². The Morgan fingerprint density at radius 1 is 0.889 bits per heavy atom. The number of hydrogen-bond donors (Lipinski definition) is 1. The number of ether oxygens (including phenoxy) is 1. The predicted molar refractivity (Wildman–Crippen MR) is 97.7 cm³/mol. The first-order chi connectivity index (χ1) is 13.2. The maximum Gasteiger partial charge on any atom is 0.168 e. The van der Waals surface area contributed by atoms with Gasteiger partial charge in [-0.2, -0.15) is 0 Å². The smallest absolute Gasteiger partial charge is 0.168 e. The van der Waals surface area contributed by atoms with Gasteiger partial charge in [0.15, 0.2) is 17.2 Å². The second-order valence-corrected chi connectivity index (χ2v) is 5.76. The van der Waals surface area contributed by atoms with E-state index in [1.54, 1.807) is 18.3 Å². The van der Waals surface area contributed by atoms with Crippen molar-refractivity contribution in [1.82, 2.24) is 15.0 Å². The minimum absolute atomic E-state index is 0.0447. The second kappa shape index (κ2) is 7.33. The molecule has 0 aliphatic rings. The third kappa shape index (κ3) is 3.67. The lowest BCUT2D eigenvalue weighted by atomic mass is 10.2. The molecule has 0 atom stereocenters. The molecule has 0 amide bonds. The fourth-order valence-electron chi connectivity index (χ4n) is 2.59. The Labute approximate surface area is 153 Å². The van der Waals surface area contributed by atoms with E-state index >= 15 is 0 Å². The van der Waals surface area contributed by atoms with Gasteiger partial charge in [0.1, 0.15) is 24.6 Å². The summed E-state index contributed by atoms with van der Waals surface area (Å²) in [6.07, 6.45) is 2.93. The summed E-state index contributed by atoms with van der Waals surface area (Å²) in [4.78, 5) is 12.3. The number of nitrogens with one attached hydrogen (secondary N) is 1. The van der Waals surface area contributed by atoms with Crippen molar-refractivity contribution < 1.29 is 13.5 Å². The second-order valence-electron chi connectivity index (χ2n) is 5.76. The van der Waals surface area contributed by atoms with Gasteiger partial charge in [-0.05, 0) is 17.7 Å². The number of halogens is 2.